The summed E-state index contributed by atoms with van der Waals surface area (Å²) in [5, 5.41) is 12.7. The van der Waals surface area contributed by atoms with E-state index in [-0.39, 0.29) is 6.61 Å². The van der Waals surface area contributed by atoms with E-state index in [4.69, 9.17) is 5.11 Å². The molecule has 0 radical (unpaired) electrons. The van der Waals surface area contributed by atoms with Gasteiger partial charge in [0.05, 0.1) is 12.6 Å². The lowest BCUT2D eigenvalue weighted by molar-refractivity contribution is 0.304. The molecule has 22 heavy (non-hydrogen) atoms. The van der Waals surface area contributed by atoms with Crippen LogP contribution in [0.1, 0.15) is 29.2 Å². The lowest BCUT2D eigenvalue weighted by atomic mass is 10.0. The van der Waals surface area contributed by atoms with Gasteiger partial charge in [0, 0.05) is 25.0 Å². The van der Waals surface area contributed by atoms with Gasteiger partial charge in [-0.2, -0.15) is 0 Å². The SMILES string of the molecule is Cc1ccc2c(c1)C(Nc1ccc(N(C)CCO)cc1)CC2. The van der Waals surface area contributed by atoms with Gasteiger partial charge in [0.25, 0.3) is 0 Å². The van der Waals surface area contributed by atoms with Gasteiger partial charge < -0.3 is 15.3 Å². The predicted molar refractivity (Wildman–Crippen MR) is 92.7 cm³/mol. The fourth-order valence-corrected chi connectivity index (χ4v) is 3.16. The molecule has 0 aromatic heterocycles. The number of benzene rings is 2. The van der Waals surface area contributed by atoms with Crippen molar-refractivity contribution in [1.29, 1.82) is 0 Å². The van der Waals surface area contributed by atoms with Crippen LogP contribution in [0, 0.1) is 6.92 Å². The van der Waals surface area contributed by atoms with Crippen LogP contribution in [0.2, 0.25) is 0 Å². The molecule has 3 nitrogen and oxygen atoms in total. The molecule has 2 N–H and O–H groups in total. The zero-order valence-electron chi connectivity index (χ0n) is 13.3. The van der Waals surface area contributed by atoms with Gasteiger partial charge in [-0.3, -0.25) is 0 Å². The maximum absolute atomic E-state index is 9.00. The number of hydrogen-bond donors (Lipinski definition) is 2. The number of nitrogens with zero attached hydrogens (tertiary/aromatic N) is 1. The molecule has 0 saturated heterocycles. The first kappa shape index (κ1) is 14.9. The minimum atomic E-state index is 0.175. The monoisotopic (exact) mass is 296 g/mol. The summed E-state index contributed by atoms with van der Waals surface area (Å²) in [7, 11) is 1.99. The van der Waals surface area contributed by atoms with Crippen LogP contribution in [0.4, 0.5) is 11.4 Å². The molecule has 1 aliphatic rings. The molecule has 0 aliphatic heterocycles. The summed E-state index contributed by atoms with van der Waals surface area (Å²) in [6, 6.07) is 15.6. The Balaban J connectivity index is 1.71. The lowest BCUT2D eigenvalue weighted by Crippen LogP contribution is -2.20. The van der Waals surface area contributed by atoms with E-state index in [1.54, 1.807) is 0 Å². The summed E-state index contributed by atoms with van der Waals surface area (Å²) in [4.78, 5) is 2.05. The quantitative estimate of drug-likeness (QED) is 0.886. The second kappa shape index (κ2) is 6.41. The van der Waals surface area contributed by atoms with Gasteiger partial charge in [0.2, 0.25) is 0 Å². The third kappa shape index (κ3) is 3.09. The van der Waals surface area contributed by atoms with Crippen molar-refractivity contribution >= 4 is 11.4 Å². The first-order chi connectivity index (χ1) is 10.7. The van der Waals surface area contributed by atoms with Crippen LogP contribution in [-0.2, 0) is 6.42 Å². The Hall–Kier alpha value is -2.00. The molecular weight excluding hydrogens is 272 g/mol. The highest BCUT2D eigenvalue weighted by Crippen LogP contribution is 2.34. The molecule has 3 heteroatoms. The Morgan fingerprint density at radius 3 is 2.68 bits per heavy atom. The molecule has 1 aliphatic carbocycles. The third-order valence-corrected chi connectivity index (χ3v) is 4.46. The van der Waals surface area contributed by atoms with E-state index in [0.29, 0.717) is 12.6 Å². The van der Waals surface area contributed by atoms with E-state index >= 15 is 0 Å². The number of nitrogens with one attached hydrogen (secondary N) is 1. The van der Waals surface area contributed by atoms with Crippen LogP contribution in [0.5, 0.6) is 0 Å². The van der Waals surface area contributed by atoms with Crippen molar-refractivity contribution in [3.8, 4) is 0 Å². The van der Waals surface area contributed by atoms with Crippen LogP contribution >= 0.6 is 0 Å². The minimum Gasteiger partial charge on any atom is -0.395 e. The molecular formula is C19H24N2O. The van der Waals surface area contributed by atoms with Crippen molar-refractivity contribution in [2.24, 2.45) is 0 Å². The van der Waals surface area contributed by atoms with Gasteiger partial charge in [0.1, 0.15) is 0 Å². The highest BCUT2D eigenvalue weighted by atomic mass is 16.3. The summed E-state index contributed by atoms with van der Waals surface area (Å²) < 4.78 is 0. The van der Waals surface area contributed by atoms with E-state index in [1.165, 1.54) is 16.7 Å². The topological polar surface area (TPSA) is 35.5 Å². The average molecular weight is 296 g/mol. The number of likely N-dealkylation sites (N-methyl/N-ethyl adjacent to an activating group) is 1. The normalized spacial score (nSPS) is 16.4. The Kier molecular flexibility index (Phi) is 4.34. The van der Waals surface area contributed by atoms with Crippen LogP contribution in [-0.4, -0.2) is 25.3 Å². The molecule has 0 amide bonds. The van der Waals surface area contributed by atoms with E-state index in [1.807, 2.05) is 7.05 Å². The van der Waals surface area contributed by atoms with Crippen molar-refractivity contribution in [3.05, 3.63) is 59.2 Å². The highest BCUT2D eigenvalue weighted by molar-refractivity contribution is 5.56. The molecule has 0 bridgehead atoms. The second-order valence-electron chi connectivity index (χ2n) is 6.13. The number of aliphatic hydroxyl groups excluding tert-OH is 1. The Bertz CT molecular complexity index is 636. The van der Waals surface area contributed by atoms with E-state index in [9.17, 15) is 0 Å². The maximum atomic E-state index is 9.00. The summed E-state index contributed by atoms with van der Waals surface area (Å²) in [6.45, 7) is 2.98. The highest BCUT2D eigenvalue weighted by Gasteiger charge is 2.22. The summed E-state index contributed by atoms with van der Waals surface area (Å²) >= 11 is 0. The van der Waals surface area contributed by atoms with E-state index in [0.717, 1.165) is 24.2 Å². The van der Waals surface area contributed by atoms with Crippen LogP contribution in [0.15, 0.2) is 42.5 Å². The molecule has 2 aromatic carbocycles. The van der Waals surface area contributed by atoms with Crippen molar-refractivity contribution in [1.82, 2.24) is 0 Å². The molecule has 0 heterocycles. The van der Waals surface area contributed by atoms with Gasteiger partial charge in [-0.15, -0.1) is 0 Å². The van der Waals surface area contributed by atoms with Crippen LogP contribution in [0.3, 0.4) is 0 Å². The molecule has 1 atom stereocenters. The molecule has 116 valence electrons. The summed E-state index contributed by atoms with van der Waals surface area (Å²) in [6.07, 6.45) is 2.32. The number of aryl methyl sites for hydroxylation is 2. The van der Waals surface area contributed by atoms with Gasteiger partial charge >= 0.3 is 0 Å². The fourth-order valence-electron chi connectivity index (χ4n) is 3.16. The van der Waals surface area contributed by atoms with E-state index < -0.39 is 0 Å². The maximum Gasteiger partial charge on any atom is 0.0606 e. The molecule has 3 rings (SSSR count). The van der Waals surface area contributed by atoms with Crippen molar-refractivity contribution in [2.75, 3.05) is 30.4 Å². The zero-order valence-corrected chi connectivity index (χ0v) is 13.3. The number of rotatable bonds is 5. The van der Waals surface area contributed by atoms with E-state index in [2.05, 4.69) is 59.6 Å². The summed E-state index contributed by atoms with van der Waals surface area (Å²) in [5.41, 5.74) is 6.53. The Morgan fingerprint density at radius 1 is 1.18 bits per heavy atom. The third-order valence-electron chi connectivity index (χ3n) is 4.46. The minimum absolute atomic E-state index is 0.175. The van der Waals surface area contributed by atoms with Crippen LogP contribution in [0.25, 0.3) is 0 Å². The number of anilines is 2. The first-order valence-corrected chi connectivity index (χ1v) is 7.95. The standard InChI is InChI=1S/C19H24N2O/c1-14-3-4-15-5-10-19(18(15)13-14)20-16-6-8-17(9-7-16)21(2)11-12-22/h3-4,6-9,13,19-20,22H,5,10-12H2,1-2H3. The number of hydrogen-bond acceptors (Lipinski definition) is 3. The zero-order chi connectivity index (χ0) is 15.5. The Morgan fingerprint density at radius 2 is 1.95 bits per heavy atom. The lowest BCUT2D eigenvalue weighted by Gasteiger charge is -2.20. The summed E-state index contributed by atoms with van der Waals surface area (Å²) in [5.74, 6) is 0. The van der Waals surface area contributed by atoms with Gasteiger partial charge in [-0.1, -0.05) is 23.8 Å². The van der Waals surface area contributed by atoms with Gasteiger partial charge in [-0.25, -0.2) is 0 Å². The number of fused-ring (bicyclic) bond motifs is 1. The van der Waals surface area contributed by atoms with Crippen LogP contribution < -0.4 is 10.2 Å². The molecule has 0 spiro atoms. The van der Waals surface area contributed by atoms with Crippen molar-refractivity contribution < 1.29 is 5.11 Å². The fraction of sp³-hybridized carbons (Fsp3) is 0.368. The van der Waals surface area contributed by atoms with Crippen molar-refractivity contribution in [2.45, 2.75) is 25.8 Å². The molecule has 2 aromatic rings. The predicted octanol–water partition coefficient (Wildman–Crippen LogP) is 3.52. The molecule has 1 unspecified atom stereocenters. The first-order valence-electron chi connectivity index (χ1n) is 7.95. The van der Waals surface area contributed by atoms with Gasteiger partial charge in [-0.05, 0) is 55.2 Å². The largest absolute Gasteiger partial charge is 0.395 e. The average Bonchev–Trinajstić information content (AvgIpc) is 2.90. The van der Waals surface area contributed by atoms with Gasteiger partial charge in [0.15, 0.2) is 0 Å². The second-order valence-corrected chi connectivity index (χ2v) is 6.13. The van der Waals surface area contributed by atoms with Crippen molar-refractivity contribution in [3.63, 3.8) is 0 Å². The molecule has 0 saturated carbocycles. The Labute approximate surface area is 132 Å². The number of aliphatic hydroxyl groups is 1. The smallest absolute Gasteiger partial charge is 0.0606 e. The molecule has 0 fully saturated rings.